The zero-order valence-corrected chi connectivity index (χ0v) is 14.1. The molecule has 1 N–H and O–H groups in total. The monoisotopic (exact) mass is 311 g/mol. The number of carbonyl (C=O) groups excluding carboxylic acids is 1. The molecule has 23 heavy (non-hydrogen) atoms. The number of carbonyl (C=O) groups is 1. The van der Waals surface area contributed by atoms with Crippen LogP contribution in [0.2, 0.25) is 0 Å². The highest BCUT2D eigenvalue weighted by Gasteiger charge is 2.11. The van der Waals surface area contributed by atoms with E-state index in [0.717, 1.165) is 24.2 Å². The Hall–Kier alpha value is -2.29. The molecule has 0 radical (unpaired) electrons. The van der Waals surface area contributed by atoms with Crippen LogP contribution in [-0.2, 0) is 6.42 Å². The second kappa shape index (κ2) is 8.37. The molecule has 0 aliphatic rings. The highest BCUT2D eigenvalue weighted by Crippen LogP contribution is 2.16. The maximum absolute atomic E-state index is 12.3. The number of amides is 1. The molecule has 0 heterocycles. The Balaban J connectivity index is 1.97. The third-order valence-corrected chi connectivity index (χ3v) is 3.82. The first-order valence-corrected chi connectivity index (χ1v) is 8.26. The van der Waals surface area contributed by atoms with Crippen LogP contribution < -0.4 is 10.1 Å². The molecule has 0 unspecified atom stereocenters. The second-order valence-electron chi connectivity index (χ2n) is 5.66. The van der Waals surface area contributed by atoms with E-state index in [1.54, 1.807) is 12.1 Å². The van der Waals surface area contributed by atoms with Gasteiger partial charge in [0.15, 0.2) is 0 Å². The molecule has 0 saturated carbocycles. The standard InChI is InChI=1S/C20H25NO2/c1-4-14-23-19-12-10-18(11-13-19)20(22)21-15(3)17-8-6-16(5-2)7-9-17/h6-13,15H,4-5,14H2,1-3H3,(H,21,22)/t15-/m0/s1. The summed E-state index contributed by atoms with van der Waals surface area (Å²) in [6.07, 6.45) is 1.99. The lowest BCUT2D eigenvalue weighted by molar-refractivity contribution is 0.0940. The third kappa shape index (κ3) is 4.85. The number of nitrogens with one attached hydrogen (secondary N) is 1. The summed E-state index contributed by atoms with van der Waals surface area (Å²) in [7, 11) is 0. The molecule has 0 aliphatic heterocycles. The Morgan fingerprint density at radius 1 is 1.04 bits per heavy atom. The van der Waals surface area contributed by atoms with Gasteiger partial charge in [0, 0.05) is 5.56 Å². The van der Waals surface area contributed by atoms with Crippen LogP contribution >= 0.6 is 0 Å². The highest BCUT2D eigenvalue weighted by molar-refractivity contribution is 5.94. The van der Waals surface area contributed by atoms with E-state index in [1.165, 1.54) is 5.56 Å². The minimum absolute atomic E-state index is 0.0237. The fraction of sp³-hybridized carbons (Fsp3) is 0.350. The molecule has 1 atom stereocenters. The molecule has 3 heteroatoms. The fourth-order valence-corrected chi connectivity index (χ4v) is 2.33. The molecule has 0 fully saturated rings. The van der Waals surface area contributed by atoms with Crippen molar-refractivity contribution in [2.75, 3.05) is 6.61 Å². The molecule has 2 aromatic carbocycles. The number of ether oxygens (including phenoxy) is 1. The maximum Gasteiger partial charge on any atom is 0.251 e. The highest BCUT2D eigenvalue weighted by atomic mass is 16.5. The van der Waals surface area contributed by atoms with Crippen LogP contribution in [0.25, 0.3) is 0 Å². The average molecular weight is 311 g/mol. The predicted octanol–water partition coefficient (Wildman–Crippen LogP) is 4.53. The van der Waals surface area contributed by atoms with Crippen molar-refractivity contribution in [3.05, 3.63) is 65.2 Å². The van der Waals surface area contributed by atoms with Crippen LogP contribution in [0.15, 0.2) is 48.5 Å². The summed E-state index contributed by atoms with van der Waals surface area (Å²) in [6, 6.07) is 15.6. The minimum Gasteiger partial charge on any atom is -0.494 e. The van der Waals surface area contributed by atoms with E-state index in [2.05, 4.69) is 43.4 Å². The molecule has 2 rings (SSSR count). The smallest absolute Gasteiger partial charge is 0.251 e. The van der Waals surface area contributed by atoms with E-state index in [-0.39, 0.29) is 11.9 Å². The lowest BCUT2D eigenvalue weighted by Crippen LogP contribution is -2.26. The van der Waals surface area contributed by atoms with Crippen LogP contribution in [0.1, 0.15) is 54.7 Å². The number of hydrogen-bond acceptors (Lipinski definition) is 2. The lowest BCUT2D eigenvalue weighted by atomic mass is 10.0. The van der Waals surface area contributed by atoms with Gasteiger partial charge >= 0.3 is 0 Å². The Bertz CT molecular complexity index is 617. The third-order valence-electron chi connectivity index (χ3n) is 3.82. The summed E-state index contributed by atoms with van der Waals surface area (Å²) in [6.45, 7) is 6.89. The molecule has 122 valence electrons. The Morgan fingerprint density at radius 2 is 1.70 bits per heavy atom. The molecule has 0 aromatic heterocycles. The maximum atomic E-state index is 12.3. The molecule has 0 saturated heterocycles. The Morgan fingerprint density at radius 3 is 2.26 bits per heavy atom. The predicted molar refractivity (Wildman–Crippen MR) is 93.9 cm³/mol. The van der Waals surface area contributed by atoms with Crippen LogP contribution in [0.4, 0.5) is 0 Å². The first-order chi connectivity index (χ1) is 11.1. The van der Waals surface area contributed by atoms with Gasteiger partial charge in [-0.15, -0.1) is 0 Å². The molecule has 2 aromatic rings. The molecular formula is C20H25NO2. The Labute approximate surface area is 138 Å². The number of benzene rings is 2. The number of hydrogen-bond donors (Lipinski definition) is 1. The van der Waals surface area contributed by atoms with Crippen molar-refractivity contribution >= 4 is 5.91 Å². The molecule has 0 bridgehead atoms. The largest absolute Gasteiger partial charge is 0.494 e. The van der Waals surface area contributed by atoms with Gasteiger partial charge in [-0.3, -0.25) is 4.79 Å². The van der Waals surface area contributed by atoms with Crippen molar-refractivity contribution in [1.82, 2.24) is 5.32 Å². The summed E-state index contributed by atoms with van der Waals surface area (Å²) in [5, 5.41) is 3.03. The van der Waals surface area contributed by atoms with Gasteiger partial charge in [-0.05, 0) is 55.2 Å². The summed E-state index contributed by atoms with van der Waals surface area (Å²) < 4.78 is 5.53. The average Bonchev–Trinajstić information content (AvgIpc) is 2.60. The van der Waals surface area contributed by atoms with Crippen LogP contribution in [0, 0.1) is 0 Å². The van der Waals surface area contributed by atoms with Crippen molar-refractivity contribution in [2.24, 2.45) is 0 Å². The summed E-state index contributed by atoms with van der Waals surface area (Å²) >= 11 is 0. The summed E-state index contributed by atoms with van der Waals surface area (Å²) in [5.74, 6) is 0.728. The van der Waals surface area contributed by atoms with Gasteiger partial charge in [-0.2, -0.15) is 0 Å². The molecule has 0 spiro atoms. The van der Waals surface area contributed by atoms with E-state index < -0.39 is 0 Å². The van der Waals surface area contributed by atoms with Crippen molar-refractivity contribution in [1.29, 1.82) is 0 Å². The van der Waals surface area contributed by atoms with Crippen molar-refractivity contribution in [3.63, 3.8) is 0 Å². The summed E-state index contributed by atoms with van der Waals surface area (Å²) in [5.41, 5.74) is 3.05. The van der Waals surface area contributed by atoms with Gasteiger partial charge < -0.3 is 10.1 Å². The molecular weight excluding hydrogens is 286 g/mol. The lowest BCUT2D eigenvalue weighted by Gasteiger charge is -2.15. The molecule has 1 amide bonds. The number of rotatable bonds is 7. The van der Waals surface area contributed by atoms with E-state index in [1.807, 2.05) is 19.1 Å². The molecule has 0 aliphatic carbocycles. The SMILES string of the molecule is CCCOc1ccc(C(=O)N[C@@H](C)c2ccc(CC)cc2)cc1. The van der Waals surface area contributed by atoms with E-state index >= 15 is 0 Å². The zero-order valence-electron chi connectivity index (χ0n) is 14.1. The van der Waals surface area contributed by atoms with Gasteiger partial charge in [0.2, 0.25) is 0 Å². The summed E-state index contributed by atoms with van der Waals surface area (Å²) in [4.78, 5) is 12.3. The zero-order chi connectivity index (χ0) is 16.7. The van der Waals surface area contributed by atoms with Gasteiger partial charge in [-0.25, -0.2) is 0 Å². The van der Waals surface area contributed by atoms with Crippen LogP contribution in [0.3, 0.4) is 0 Å². The van der Waals surface area contributed by atoms with Gasteiger partial charge in [0.25, 0.3) is 5.91 Å². The van der Waals surface area contributed by atoms with Crippen LogP contribution in [-0.4, -0.2) is 12.5 Å². The molecule has 3 nitrogen and oxygen atoms in total. The quantitative estimate of drug-likeness (QED) is 0.816. The van der Waals surface area contributed by atoms with Crippen molar-refractivity contribution in [2.45, 2.75) is 39.7 Å². The first-order valence-electron chi connectivity index (χ1n) is 8.26. The van der Waals surface area contributed by atoms with Gasteiger partial charge in [0.05, 0.1) is 12.6 Å². The first kappa shape index (κ1) is 17.1. The van der Waals surface area contributed by atoms with Gasteiger partial charge in [0.1, 0.15) is 5.75 Å². The number of aryl methyl sites for hydroxylation is 1. The van der Waals surface area contributed by atoms with Gasteiger partial charge in [-0.1, -0.05) is 38.1 Å². The van der Waals surface area contributed by atoms with Crippen molar-refractivity contribution in [3.8, 4) is 5.75 Å². The topological polar surface area (TPSA) is 38.3 Å². The van der Waals surface area contributed by atoms with Crippen molar-refractivity contribution < 1.29 is 9.53 Å². The van der Waals surface area contributed by atoms with E-state index in [9.17, 15) is 4.79 Å². The van der Waals surface area contributed by atoms with Crippen LogP contribution in [0.5, 0.6) is 5.75 Å². The minimum atomic E-state index is -0.0703. The van der Waals surface area contributed by atoms with E-state index in [4.69, 9.17) is 4.74 Å². The van der Waals surface area contributed by atoms with E-state index in [0.29, 0.717) is 12.2 Å². The fourth-order valence-electron chi connectivity index (χ4n) is 2.33. The Kier molecular flexibility index (Phi) is 6.21. The normalized spacial score (nSPS) is 11.8. The second-order valence-corrected chi connectivity index (χ2v) is 5.66.